The number of nitrogens with one attached hydrogen (secondary N) is 2. The van der Waals surface area contributed by atoms with Gasteiger partial charge in [0.15, 0.2) is 0 Å². The molecule has 7 nitrogen and oxygen atoms in total. The number of benzene rings is 1. The van der Waals surface area contributed by atoms with Gasteiger partial charge in [0.25, 0.3) is 0 Å². The van der Waals surface area contributed by atoms with Gasteiger partial charge in [-0.3, -0.25) is 4.90 Å². The Kier molecular flexibility index (Phi) is 8.12. The highest BCUT2D eigenvalue weighted by Gasteiger charge is 2.26. The molecule has 3 rings (SSSR count). The molecule has 1 aromatic heterocycles. The van der Waals surface area contributed by atoms with Gasteiger partial charge in [0.05, 0.1) is 18.9 Å². The van der Waals surface area contributed by atoms with E-state index in [2.05, 4.69) is 29.4 Å². The number of ether oxygens (including phenoxy) is 1. The summed E-state index contributed by atoms with van der Waals surface area (Å²) >= 11 is 0. The predicted molar refractivity (Wildman–Crippen MR) is 121 cm³/mol. The monoisotopic (exact) mass is 429 g/mol. The molecule has 1 aromatic carbocycles. The Morgan fingerprint density at radius 3 is 2.65 bits per heavy atom. The van der Waals surface area contributed by atoms with E-state index in [-0.39, 0.29) is 12.6 Å². The summed E-state index contributed by atoms with van der Waals surface area (Å²) in [5, 5.41) is 15.9. The number of carbonyl (C=O) groups is 1. The number of urea groups is 1. The van der Waals surface area contributed by atoms with Gasteiger partial charge in [0.2, 0.25) is 0 Å². The summed E-state index contributed by atoms with van der Waals surface area (Å²) in [4.78, 5) is 14.6. The zero-order valence-corrected chi connectivity index (χ0v) is 18.8. The smallest absolute Gasteiger partial charge is 0.319 e. The third-order valence-electron chi connectivity index (χ3n) is 5.69. The van der Waals surface area contributed by atoms with Gasteiger partial charge in [0, 0.05) is 31.4 Å². The zero-order valence-electron chi connectivity index (χ0n) is 18.8. The average Bonchev–Trinajstić information content (AvgIpc) is 3.30. The van der Waals surface area contributed by atoms with Crippen molar-refractivity contribution >= 4 is 11.7 Å². The summed E-state index contributed by atoms with van der Waals surface area (Å²) in [5.74, 6) is 0.408. The SMILES string of the molecule is CC(C)N(Cc1ccc(NC(=O)NC[C@](C)(O)c2ccco2)cc1)C[C@H]1CCCCO1. The quantitative estimate of drug-likeness (QED) is 0.559. The van der Waals surface area contributed by atoms with E-state index in [1.165, 1.54) is 24.7 Å². The first-order valence-corrected chi connectivity index (χ1v) is 11.1. The summed E-state index contributed by atoms with van der Waals surface area (Å²) in [7, 11) is 0. The Morgan fingerprint density at radius 1 is 1.26 bits per heavy atom. The number of rotatable bonds is 9. The maximum Gasteiger partial charge on any atom is 0.319 e. The van der Waals surface area contributed by atoms with E-state index in [9.17, 15) is 9.90 Å². The lowest BCUT2D eigenvalue weighted by Gasteiger charge is -2.32. The summed E-state index contributed by atoms with van der Waals surface area (Å²) in [5.41, 5.74) is 0.620. The highest BCUT2D eigenvalue weighted by Crippen LogP contribution is 2.20. The van der Waals surface area contributed by atoms with Gasteiger partial charge < -0.3 is 24.9 Å². The second-order valence-electron chi connectivity index (χ2n) is 8.77. The Balaban J connectivity index is 1.48. The average molecular weight is 430 g/mol. The lowest BCUT2D eigenvalue weighted by molar-refractivity contribution is -0.0129. The van der Waals surface area contributed by atoms with Gasteiger partial charge in [-0.15, -0.1) is 0 Å². The van der Waals surface area contributed by atoms with E-state index < -0.39 is 5.60 Å². The van der Waals surface area contributed by atoms with Gasteiger partial charge in [-0.25, -0.2) is 4.79 Å². The summed E-state index contributed by atoms with van der Waals surface area (Å²) < 4.78 is 11.1. The van der Waals surface area contributed by atoms with Crippen LogP contribution in [-0.4, -0.2) is 47.9 Å². The minimum absolute atomic E-state index is 0.0387. The second-order valence-corrected chi connectivity index (χ2v) is 8.77. The molecule has 0 spiro atoms. The molecule has 2 heterocycles. The molecule has 31 heavy (non-hydrogen) atoms. The maximum atomic E-state index is 12.2. The molecule has 7 heteroatoms. The first-order valence-electron chi connectivity index (χ1n) is 11.1. The van der Waals surface area contributed by atoms with Crippen molar-refractivity contribution in [3.63, 3.8) is 0 Å². The molecule has 1 fully saturated rings. The van der Waals surface area contributed by atoms with Crippen LogP contribution in [-0.2, 0) is 16.9 Å². The zero-order chi connectivity index (χ0) is 22.3. The highest BCUT2D eigenvalue weighted by atomic mass is 16.5. The Morgan fingerprint density at radius 2 is 2.03 bits per heavy atom. The first kappa shape index (κ1) is 23.3. The predicted octanol–water partition coefficient (Wildman–Crippen LogP) is 4.09. The molecule has 0 bridgehead atoms. The van der Waals surface area contributed by atoms with E-state index in [0.717, 1.165) is 26.1 Å². The highest BCUT2D eigenvalue weighted by molar-refractivity contribution is 5.89. The van der Waals surface area contributed by atoms with E-state index in [1.54, 1.807) is 19.1 Å². The second kappa shape index (κ2) is 10.8. The van der Waals surface area contributed by atoms with Gasteiger partial charge >= 0.3 is 6.03 Å². The number of aliphatic hydroxyl groups is 1. The fraction of sp³-hybridized carbons (Fsp3) is 0.542. The first-order chi connectivity index (χ1) is 14.8. The lowest BCUT2D eigenvalue weighted by Crippen LogP contribution is -2.40. The molecule has 1 saturated heterocycles. The molecule has 1 aliphatic rings. The molecular formula is C24H35N3O4. The van der Waals surface area contributed by atoms with Gasteiger partial charge in [-0.05, 0) is 69.9 Å². The van der Waals surface area contributed by atoms with Crippen molar-refractivity contribution in [2.75, 3.05) is 25.0 Å². The molecular weight excluding hydrogens is 394 g/mol. The minimum atomic E-state index is -1.27. The summed E-state index contributed by atoms with van der Waals surface area (Å²) in [6.07, 6.45) is 5.36. The van der Waals surface area contributed by atoms with Gasteiger partial charge in [-0.1, -0.05) is 12.1 Å². The van der Waals surface area contributed by atoms with Crippen molar-refractivity contribution in [1.29, 1.82) is 0 Å². The van der Waals surface area contributed by atoms with Crippen molar-refractivity contribution in [3.05, 3.63) is 54.0 Å². The standard InChI is InChI=1S/C24H35N3O4/c1-18(2)27(16-21-7-4-5-13-30-21)15-19-9-11-20(12-10-19)26-23(28)25-17-24(3,29)22-8-6-14-31-22/h6,8-12,14,18,21,29H,4-5,7,13,15-17H2,1-3H3,(H2,25,26,28)/t21-,24+/m1/s1. The van der Waals surface area contributed by atoms with Crippen LogP contribution in [0.5, 0.6) is 0 Å². The van der Waals surface area contributed by atoms with Crippen LogP contribution in [0.4, 0.5) is 10.5 Å². The molecule has 170 valence electrons. The van der Waals surface area contributed by atoms with E-state index >= 15 is 0 Å². The van der Waals surface area contributed by atoms with E-state index in [1.807, 2.05) is 24.3 Å². The molecule has 2 atom stereocenters. The van der Waals surface area contributed by atoms with Crippen LogP contribution in [0.25, 0.3) is 0 Å². The van der Waals surface area contributed by atoms with Gasteiger partial charge in [0.1, 0.15) is 11.4 Å². The van der Waals surface area contributed by atoms with Crippen LogP contribution in [0.15, 0.2) is 47.1 Å². The van der Waals surface area contributed by atoms with Crippen LogP contribution in [0.3, 0.4) is 0 Å². The number of furan rings is 1. The largest absolute Gasteiger partial charge is 0.466 e. The molecule has 0 radical (unpaired) electrons. The Bertz CT molecular complexity index is 797. The number of carbonyl (C=O) groups excluding carboxylic acids is 1. The van der Waals surface area contributed by atoms with Crippen molar-refractivity contribution < 1.29 is 19.1 Å². The number of hydrogen-bond donors (Lipinski definition) is 3. The van der Waals surface area contributed by atoms with E-state index in [4.69, 9.17) is 9.15 Å². The van der Waals surface area contributed by atoms with Gasteiger partial charge in [-0.2, -0.15) is 0 Å². The third-order valence-corrected chi connectivity index (χ3v) is 5.69. The molecule has 2 amide bonds. The Labute approximate surface area is 184 Å². The minimum Gasteiger partial charge on any atom is -0.466 e. The molecule has 2 aromatic rings. The topological polar surface area (TPSA) is 87.0 Å². The summed E-state index contributed by atoms with van der Waals surface area (Å²) in [6.45, 7) is 8.71. The Hall–Kier alpha value is -2.35. The van der Waals surface area contributed by atoms with Crippen LogP contribution in [0.1, 0.15) is 51.4 Å². The fourth-order valence-electron chi connectivity index (χ4n) is 3.70. The van der Waals surface area contributed by atoms with Crippen LogP contribution in [0.2, 0.25) is 0 Å². The van der Waals surface area contributed by atoms with Crippen LogP contribution < -0.4 is 10.6 Å². The molecule has 3 N–H and O–H groups in total. The molecule has 0 saturated carbocycles. The van der Waals surface area contributed by atoms with Crippen LogP contribution in [0, 0.1) is 0 Å². The number of hydrogen-bond acceptors (Lipinski definition) is 5. The van der Waals surface area contributed by atoms with Crippen molar-refractivity contribution in [3.8, 4) is 0 Å². The number of anilines is 1. The third kappa shape index (κ3) is 7.09. The molecule has 0 unspecified atom stereocenters. The summed E-state index contributed by atoms with van der Waals surface area (Å²) in [6, 6.07) is 11.3. The van der Waals surface area contributed by atoms with Crippen molar-refractivity contribution in [1.82, 2.24) is 10.2 Å². The lowest BCUT2D eigenvalue weighted by atomic mass is 10.0. The molecule has 0 aliphatic carbocycles. The molecule has 1 aliphatic heterocycles. The van der Waals surface area contributed by atoms with E-state index in [0.29, 0.717) is 23.6 Å². The number of nitrogens with zero attached hydrogens (tertiary/aromatic N) is 1. The van der Waals surface area contributed by atoms with Crippen LogP contribution >= 0.6 is 0 Å². The normalized spacial score (nSPS) is 18.7. The van der Waals surface area contributed by atoms with Crippen molar-refractivity contribution in [2.24, 2.45) is 0 Å². The number of amides is 2. The van der Waals surface area contributed by atoms with Crippen molar-refractivity contribution in [2.45, 2.75) is 64.3 Å². The maximum absolute atomic E-state index is 12.2. The fourth-order valence-corrected chi connectivity index (χ4v) is 3.70.